The van der Waals surface area contributed by atoms with Gasteiger partial charge in [-0.05, 0) is 49.2 Å². The normalized spacial score (nSPS) is 16.4. The molecule has 1 amide bonds. The van der Waals surface area contributed by atoms with E-state index < -0.39 is 17.6 Å². The summed E-state index contributed by atoms with van der Waals surface area (Å²) >= 11 is 0. The number of amides is 1. The maximum absolute atomic E-state index is 13.8. The van der Waals surface area contributed by atoms with Gasteiger partial charge >= 0.3 is 6.01 Å². The zero-order chi connectivity index (χ0) is 21.1. The van der Waals surface area contributed by atoms with E-state index in [0.717, 1.165) is 35.9 Å². The van der Waals surface area contributed by atoms with Crippen LogP contribution in [0, 0.1) is 17.6 Å². The monoisotopic (exact) mass is 414 g/mol. The van der Waals surface area contributed by atoms with Gasteiger partial charge in [0, 0.05) is 24.7 Å². The van der Waals surface area contributed by atoms with Crippen LogP contribution in [0.25, 0.3) is 11.4 Å². The fourth-order valence-corrected chi connectivity index (χ4v) is 3.39. The maximum atomic E-state index is 13.8. The van der Waals surface area contributed by atoms with Gasteiger partial charge in [-0.1, -0.05) is 5.16 Å². The van der Waals surface area contributed by atoms with Gasteiger partial charge in [0.25, 0.3) is 0 Å². The van der Waals surface area contributed by atoms with Gasteiger partial charge in [0.15, 0.2) is 0 Å². The van der Waals surface area contributed by atoms with E-state index in [9.17, 15) is 13.6 Å². The summed E-state index contributed by atoms with van der Waals surface area (Å²) in [4.78, 5) is 18.8. The fourth-order valence-electron chi connectivity index (χ4n) is 3.39. The summed E-state index contributed by atoms with van der Waals surface area (Å²) in [5.74, 6) is -0.938. The van der Waals surface area contributed by atoms with Gasteiger partial charge in [-0.2, -0.15) is 4.98 Å². The van der Waals surface area contributed by atoms with Crippen molar-refractivity contribution in [3.8, 4) is 17.1 Å². The van der Waals surface area contributed by atoms with Crippen molar-refractivity contribution in [3.05, 3.63) is 54.1 Å². The van der Waals surface area contributed by atoms with Crippen LogP contribution in [0.15, 0.2) is 47.0 Å². The minimum atomic E-state index is -0.682. The number of piperidine rings is 1. The number of methoxy groups -OCH3 is 1. The van der Waals surface area contributed by atoms with E-state index in [2.05, 4.69) is 15.5 Å². The predicted molar refractivity (Wildman–Crippen MR) is 106 cm³/mol. The predicted octanol–water partition coefficient (Wildman–Crippen LogP) is 3.88. The number of halogens is 2. The smallest absolute Gasteiger partial charge is 0.324 e. The SMILES string of the molecule is COc1ccc(-c2noc(N3CCC[C@@H](C(=O)Nc4cc(F)ccc4F)C3)n2)cc1. The van der Waals surface area contributed by atoms with Crippen LogP contribution in [0.3, 0.4) is 0 Å². The summed E-state index contributed by atoms with van der Waals surface area (Å²) < 4.78 is 37.7. The van der Waals surface area contributed by atoms with Crippen LogP contribution < -0.4 is 15.0 Å². The number of rotatable bonds is 5. The third-order valence-corrected chi connectivity index (χ3v) is 5.01. The number of hydrogen-bond acceptors (Lipinski definition) is 6. The minimum absolute atomic E-state index is 0.170. The van der Waals surface area contributed by atoms with Gasteiger partial charge in [-0.25, -0.2) is 8.78 Å². The number of ether oxygens (including phenoxy) is 1. The second-order valence-corrected chi connectivity index (χ2v) is 7.03. The first kappa shape index (κ1) is 19.8. The number of carbonyl (C=O) groups excluding carboxylic acids is 1. The van der Waals surface area contributed by atoms with Crippen LogP contribution in [0.4, 0.5) is 20.5 Å². The molecule has 9 heteroatoms. The van der Waals surface area contributed by atoms with Crippen molar-refractivity contribution in [2.24, 2.45) is 5.92 Å². The Morgan fingerprint density at radius 3 is 2.80 bits per heavy atom. The highest BCUT2D eigenvalue weighted by molar-refractivity contribution is 5.93. The lowest BCUT2D eigenvalue weighted by atomic mass is 9.97. The third kappa shape index (κ3) is 4.24. The molecule has 1 atom stereocenters. The lowest BCUT2D eigenvalue weighted by Gasteiger charge is -2.30. The van der Waals surface area contributed by atoms with Crippen molar-refractivity contribution < 1.29 is 22.8 Å². The Labute approximate surface area is 171 Å². The average Bonchev–Trinajstić information content (AvgIpc) is 3.27. The molecule has 1 aliphatic rings. The van der Waals surface area contributed by atoms with E-state index in [-0.39, 0.29) is 11.6 Å². The quantitative estimate of drug-likeness (QED) is 0.683. The van der Waals surface area contributed by atoms with Gasteiger partial charge in [0.1, 0.15) is 17.4 Å². The lowest BCUT2D eigenvalue weighted by molar-refractivity contribution is -0.120. The van der Waals surface area contributed by atoms with Gasteiger partial charge in [-0.15, -0.1) is 0 Å². The first-order valence-corrected chi connectivity index (χ1v) is 9.52. The molecule has 1 aliphatic heterocycles. The van der Waals surface area contributed by atoms with E-state index in [1.165, 1.54) is 0 Å². The van der Waals surface area contributed by atoms with Crippen molar-refractivity contribution in [1.29, 1.82) is 0 Å². The number of hydrogen-bond donors (Lipinski definition) is 1. The zero-order valence-electron chi connectivity index (χ0n) is 16.3. The summed E-state index contributed by atoms with van der Waals surface area (Å²) in [6.07, 6.45) is 1.35. The first-order chi connectivity index (χ1) is 14.5. The standard InChI is InChI=1S/C21H20F2N4O3/c1-29-16-7-4-13(5-8-16)19-25-21(30-26-19)27-10-2-3-14(12-27)20(28)24-18-11-15(22)6-9-17(18)23/h4-9,11,14H,2-3,10,12H2,1H3,(H,24,28)/t14-/m1/s1. The molecular weight excluding hydrogens is 394 g/mol. The molecule has 0 radical (unpaired) electrons. The minimum Gasteiger partial charge on any atom is -0.497 e. The summed E-state index contributed by atoms with van der Waals surface area (Å²) in [6.45, 7) is 0.995. The fraction of sp³-hybridized carbons (Fsp3) is 0.286. The van der Waals surface area contributed by atoms with E-state index in [1.54, 1.807) is 19.2 Å². The van der Waals surface area contributed by atoms with Crippen LogP contribution in [-0.2, 0) is 4.79 Å². The molecule has 2 heterocycles. The first-order valence-electron chi connectivity index (χ1n) is 9.52. The van der Waals surface area contributed by atoms with Crippen LogP contribution in [0.1, 0.15) is 12.8 Å². The van der Waals surface area contributed by atoms with Crippen LogP contribution >= 0.6 is 0 Å². The van der Waals surface area contributed by atoms with Crippen molar-refractivity contribution in [2.45, 2.75) is 12.8 Å². The molecule has 0 bridgehead atoms. The van der Waals surface area contributed by atoms with Crippen LogP contribution in [0.5, 0.6) is 5.75 Å². The number of anilines is 2. The summed E-state index contributed by atoms with van der Waals surface area (Å²) in [5, 5.41) is 6.49. The molecule has 1 N–H and O–H groups in total. The Morgan fingerprint density at radius 1 is 1.23 bits per heavy atom. The molecule has 3 aromatic rings. The molecule has 1 fully saturated rings. The van der Waals surface area contributed by atoms with Gasteiger partial charge in [0.2, 0.25) is 11.7 Å². The van der Waals surface area contributed by atoms with E-state index >= 15 is 0 Å². The third-order valence-electron chi connectivity index (χ3n) is 5.01. The molecule has 156 valence electrons. The second kappa shape index (κ2) is 8.48. The molecule has 0 aliphatic carbocycles. The Balaban J connectivity index is 1.44. The second-order valence-electron chi connectivity index (χ2n) is 7.03. The highest BCUT2D eigenvalue weighted by Gasteiger charge is 2.29. The van der Waals surface area contributed by atoms with Gasteiger partial charge in [0.05, 0.1) is 18.7 Å². The number of carbonyl (C=O) groups is 1. The van der Waals surface area contributed by atoms with Crippen molar-refractivity contribution in [3.63, 3.8) is 0 Å². The highest BCUT2D eigenvalue weighted by Crippen LogP contribution is 2.27. The van der Waals surface area contributed by atoms with Crippen molar-refractivity contribution in [1.82, 2.24) is 10.1 Å². The van der Waals surface area contributed by atoms with E-state index in [0.29, 0.717) is 31.3 Å². The number of nitrogens with one attached hydrogen (secondary N) is 1. The maximum Gasteiger partial charge on any atom is 0.324 e. The van der Waals surface area contributed by atoms with Gasteiger partial charge in [-0.3, -0.25) is 4.79 Å². The topological polar surface area (TPSA) is 80.5 Å². The number of aromatic nitrogens is 2. The summed E-state index contributed by atoms with van der Waals surface area (Å²) in [5.41, 5.74) is 0.607. The molecule has 1 saturated heterocycles. The largest absolute Gasteiger partial charge is 0.497 e. The summed E-state index contributed by atoms with van der Waals surface area (Å²) in [6, 6.07) is 10.5. The average molecular weight is 414 g/mol. The molecule has 0 unspecified atom stereocenters. The molecule has 30 heavy (non-hydrogen) atoms. The lowest BCUT2D eigenvalue weighted by Crippen LogP contribution is -2.41. The molecule has 2 aromatic carbocycles. The molecule has 4 rings (SSSR count). The zero-order valence-corrected chi connectivity index (χ0v) is 16.3. The van der Waals surface area contributed by atoms with Crippen molar-refractivity contribution in [2.75, 3.05) is 30.4 Å². The Morgan fingerprint density at radius 2 is 2.03 bits per heavy atom. The van der Waals surface area contributed by atoms with E-state index in [4.69, 9.17) is 9.26 Å². The molecule has 7 nitrogen and oxygen atoms in total. The Kier molecular flexibility index (Phi) is 5.60. The molecule has 0 saturated carbocycles. The van der Waals surface area contributed by atoms with Crippen LogP contribution in [0.2, 0.25) is 0 Å². The molecular formula is C21H20F2N4O3. The Bertz CT molecular complexity index is 1040. The summed E-state index contributed by atoms with van der Waals surface area (Å²) in [7, 11) is 1.59. The highest BCUT2D eigenvalue weighted by atomic mass is 19.1. The van der Waals surface area contributed by atoms with Crippen LogP contribution in [-0.4, -0.2) is 36.2 Å². The molecule has 1 aromatic heterocycles. The van der Waals surface area contributed by atoms with E-state index in [1.807, 2.05) is 17.0 Å². The van der Waals surface area contributed by atoms with Crippen molar-refractivity contribution >= 4 is 17.6 Å². The number of nitrogens with zero attached hydrogens (tertiary/aromatic N) is 3. The number of benzene rings is 2. The Hall–Kier alpha value is -3.49. The van der Waals surface area contributed by atoms with Gasteiger partial charge < -0.3 is 19.5 Å². The molecule has 0 spiro atoms.